The molecule has 8 N–H and O–H groups in total. The van der Waals surface area contributed by atoms with Crippen molar-refractivity contribution < 1.29 is 34.6 Å². The van der Waals surface area contributed by atoms with Crippen LogP contribution in [0.4, 0.5) is 0 Å². The molecular weight excluding hydrogens is 358 g/mol. The van der Waals surface area contributed by atoms with Gasteiger partial charge in [-0.25, -0.2) is 0 Å². The third-order valence-electron chi connectivity index (χ3n) is 5.39. The minimum atomic E-state index is -1.05. The maximum atomic E-state index is 10.7. The van der Waals surface area contributed by atoms with Crippen molar-refractivity contribution in [3.63, 3.8) is 0 Å². The maximum Gasteiger partial charge on any atom is 0.186 e. The van der Waals surface area contributed by atoms with Gasteiger partial charge in [-0.3, -0.25) is 5.32 Å². The molecule has 0 aromatic heterocycles. The first-order valence-electron chi connectivity index (χ1n) is 9.76. The average Bonchev–Trinajstić information content (AvgIpc) is 2.64. The fourth-order valence-electron chi connectivity index (χ4n) is 3.98. The summed E-state index contributed by atoms with van der Waals surface area (Å²) in [5.41, 5.74) is 5.69. The fourth-order valence-corrected chi connectivity index (χ4v) is 3.98. The predicted molar refractivity (Wildman–Crippen MR) is 94.6 cm³/mol. The average molecular weight is 391 g/mol. The maximum absolute atomic E-state index is 10.7. The van der Waals surface area contributed by atoms with E-state index in [0.29, 0.717) is 45.3 Å². The summed E-state index contributed by atoms with van der Waals surface area (Å²) in [6, 6.07) is -0.0498. The molecule has 3 saturated heterocycles. The lowest BCUT2D eigenvalue weighted by Crippen LogP contribution is -2.58. The lowest BCUT2D eigenvalue weighted by Gasteiger charge is -2.43. The molecule has 0 amide bonds. The summed E-state index contributed by atoms with van der Waals surface area (Å²) >= 11 is 0. The molecule has 0 aromatic carbocycles. The van der Waals surface area contributed by atoms with Gasteiger partial charge in [0.05, 0.1) is 37.1 Å². The molecule has 1 unspecified atom stereocenters. The van der Waals surface area contributed by atoms with Gasteiger partial charge in [-0.15, -0.1) is 0 Å². The highest BCUT2D eigenvalue weighted by molar-refractivity contribution is 4.88. The van der Waals surface area contributed by atoms with E-state index in [1.807, 2.05) is 0 Å². The molecule has 0 aliphatic carbocycles. The zero-order valence-corrected chi connectivity index (χ0v) is 15.4. The highest BCUT2D eigenvalue weighted by Gasteiger charge is 2.42. The molecule has 3 aliphatic rings. The van der Waals surface area contributed by atoms with Crippen molar-refractivity contribution in [3.05, 3.63) is 0 Å². The number of piperidine rings is 2. The van der Waals surface area contributed by atoms with E-state index in [9.17, 15) is 20.4 Å². The van der Waals surface area contributed by atoms with E-state index in [1.54, 1.807) is 0 Å². The second kappa shape index (κ2) is 9.88. The van der Waals surface area contributed by atoms with Gasteiger partial charge >= 0.3 is 0 Å². The van der Waals surface area contributed by atoms with Gasteiger partial charge in [0, 0.05) is 44.9 Å². The van der Waals surface area contributed by atoms with Crippen LogP contribution in [0, 0.1) is 0 Å². The molecule has 0 spiro atoms. The molecule has 0 bridgehead atoms. The van der Waals surface area contributed by atoms with Crippen LogP contribution in [0.2, 0.25) is 0 Å². The molecule has 10 heteroatoms. The van der Waals surface area contributed by atoms with Gasteiger partial charge in [0.15, 0.2) is 6.29 Å². The third-order valence-corrected chi connectivity index (χ3v) is 5.39. The summed E-state index contributed by atoms with van der Waals surface area (Å²) in [5, 5.41) is 46.3. The smallest absolute Gasteiger partial charge is 0.186 e. The largest absolute Gasteiger partial charge is 0.394 e. The van der Waals surface area contributed by atoms with Crippen molar-refractivity contribution in [1.82, 2.24) is 10.6 Å². The lowest BCUT2D eigenvalue weighted by atomic mass is 9.99. The van der Waals surface area contributed by atoms with Crippen LogP contribution in [0.1, 0.15) is 25.7 Å². The van der Waals surface area contributed by atoms with Crippen LogP contribution < -0.4 is 16.4 Å². The van der Waals surface area contributed by atoms with Crippen molar-refractivity contribution in [1.29, 1.82) is 0 Å². The quantitative estimate of drug-likeness (QED) is 0.248. The molecule has 158 valence electrons. The summed E-state index contributed by atoms with van der Waals surface area (Å²) < 4.78 is 17.5. The molecule has 9 atom stereocenters. The SMILES string of the molecule is NC[C@H]1C[C@@H](O)C[C@@H](O[C@@H]2CC(CO)O[C@H](O[C@H]3CNC[C@@H](O)C3)[C@H]2O)N1. The number of β-amino-alcohol motifs (C(OH)–C–C–N with tert-alkyl or cyclic N) is 1. The second-order valence-electron chi connectivity index (χ2n) is 7.73. The number of ether oxygens (including phenoxy) is 3. The Balaban J connectivity index is 1.60. The van der Waals surface area contributed by atoms with E-state index in [-0.39, 0.29) is 18.8 Å². The van der Waals surface area contributed by atoms with E-state index in [2.05, 4.69) is 10.6 Å². The van der Waals surface area contributed by atoms with Gasteiger partial charge in [0.1, 0.15) is 12.3 Å². The molecule has 27 heavy (non-hydrogen) atoms. The van der Waals surface area contributed by atoms with Crippen molar-refractivity contribution in [2.24, 2.45) is 5.73 Å². The van der Waals surface area contributed by atoms with Crippen LogP contribution in [-0.4, -0.2) is 102 Å². The highest BCUT2D eigenvalue weighted by atomic mass is 16.7. The zero-order chi connectivity index (χ0) is 19.4. The molecule has 10 nitrogen and oxygen atoms in total. The van der Waals surface area contributed by atoms with Crippen LogP contribution in [0.5, 0.6) is 0 Å². The Labute approximate surface area is 159 Å². The summed E-state index contributed by atoms with van der Waals surface area (Å²) in [6.45, 7) is 1.23. The molecule has 3 heterocycles. The van der Waals surface area contributed by atoms with Gasteiger partial charge < -0.3 is 45.7 Å². The first-order valence-corrected chi connectivity index (χ1v) is 9.76. The summed E-state index contributed by atoms with van der Waals surface area (Å²) in [7, 11) is 0. The highest BCUT2D eigenvalue weighted by Crippen LogP contribution is 2.28. The Hall–Kier alpha value is -0.400. The normalized spacial score (nSPS) is 46.3. The summed E-state index contributed by atoms with van der Waals surface area (Å²) in [6.07, 6.45) is -3.21. The third kappa shape index (κ3) is 5.80. The second-order valence-corrected chi connectivity index (χ2v) is 7.73. The van der Waals surface area contributed by atoms with E-state index < -0.39 is 43.0 Å². The van der Waals surface area contributed by atoms with E-state index in [1.165, 1.54) is 0 Å². The molecule has 0 saturated carbocycles. The summed E-state index contributed by atoms with van der Waals surface area (Å²) in [4.78, 5) is 0. The van der Waals surface area contributed by atoms with E-state index >= 15 is 0 Å². The molecule has 0 aromatic rings. The van der Waals surface area contributed by atoms with Crippen LogP contribution in [0.3, 0.4) is 0 Å². The topological polar surface area (TPSA) is 159 Å². The van der Waals surface area contributed by atoms with Gasteiger partial charge in [0.25, 0.3) is 0 Å². The number of hydrogen-bond acceptors (Lipinski definition) is 10. The van der Waals surface area contributed by atoms with Crippen molar-refractivity contribution in [2.75, 3.05) is 26.2 Å². The summed E-state index contributed by atoms with van der Waals surface area (Å²) in [5.74, 6) is 0. The van der Waals surface area contributed by atoms with E-state index in [4.69, 9.17) is 19.9 Å². The number of aliphatic hydroxyl groups excluding tert-OH is 4. The Bertz CT molecular complexity index is 460. The number of nitrogens with two attached hydrogens (primary N) is 1. The van der Waals surface area contributed by atoms with Crippen LogP contribution in [0.25, 0.3) is 0 Å². The number of hydrogen-bond donors (Lipinski definition) is 7. The van der Waals surface area contributed by atoms with E-state index in [0.717, 1.165) is 0 Å². The molecule has 3 rings (SSSR count). The number of nitrogens with one attached hydrogen (secondary N) is 2. The number of aliphatic hydroxyl groups is 4. The lowest BCUT2D eigenvalue weighted by molar-refractivity contribution is -0.298. The van der Waals surface area contributed by atoms with Crippen LogP contribution >= 0.6 is 0 Å². The number of rotatable bonds is 6. The van der Waals surface area contributed by atoms with Crippen LogP contribution in [-0.2, 0) is 14.2 Å². The first kappa shape index (κ1) is 21.3. The van der Waals surface area contributed by atoms with Crippen molar-refractivity contribution in [2.45, 2.75) is 80.9 Å². The fraction of sp³-hybridized carbons (Fsp3) is 1.00. The molecule has 0 radical (unpaired) electrons. The monoisotopic (exact) mass is 391 g/mol. The van der Waals surface area contributed by atoms with Gasteiger partial charge in [-0.1, -0.05) is 0 Å². The minimum absolute atomic E-state index is 0.0498. The van der Waals surface area contributed by atoms with Gasteiger partial charge in [-0.2, -0.15) is 0 Å². The standard InChI is InChI=1S/C17H33N3O7/c18-5-9-1-10(22)3-15(20-9)27-14-4-13(8-21)26-17(16(14)24)25-12-2-11(23)6-19-7-12/h9-17,19-24H,1-8,18H2/t9-,10-,11+,12-,13?,14-,15-,16+,17+/m1/s1. The van der Waals surface area contributed by atoms with Gasteiger partial charge in [0.2, 0.25) is 0 Å². The van der Waals surface area contributed by atoms with Crippen LogP contribution in [0.15, 0.2) is 0 Å². The minimum Gasteiger partial charge on any atom is -0.394 e. The molecule has 3 aliphatic heterocycles. The molecule has 3 fully saturated rings. The van der Waals surface area contributed by atoms with Crippen molar-refractivity contribution in [3.8, 4) is 0 Å². The Kier molecular flexibility index (Phi) is 7.80. The first-order chi connectivity index (χ1) is 13.0. The van der Waals surface area contributed by atoms with Gasteiger partial charge in [-0.05, 0) is 6.42 Å². The van der Waals surface area contributed by atoms with Crippen molar-refractivity contribution >= 4 is 0 Å². The predicted octanol–water partition coefficient (Wildman–Crippen LogP) is -3.02. The Morgan fingerprint density at radius 3 is 2.52 bits per heavy atom. The Morgan fingerprint density at radius 2 is 1.81 bits per heavy atom. The zero-order valence-electron chi connectivity index (χ0n) is 15.4. The molecular formula is C17H33N3O7. The Morgan fingerprint density at radius 1 is 1.00 bits per heavy atom.